The van der Waals surface area contributed by atoms with E-state index in [1.165, 1.54) is 0 Å². The number of carbonyl (C=O) groups excluding carboxylic acids is 2. The van der Waals surface area contributed by atoms with Crippen LogP contribution in [0.3, 0.4) is 0 Å². The molecule has 0 bridgehead atoms. The van der Waals surface area contributed by atoms with Crippen molar-refractivity contribution in [2.75, 3.05) is 26.2 Å². The topological polar surface area (TPSA) is 87.5 Å². The van der Waals surface area contributed by atoms with Crippen molar-refractivity contribution in [3.05, 3.63) is 0 Å². The zero-order chi connectivity index (χ0) is 17.6. The SMILES string of the molecule is CC(=O)C(C)(C)NCCN(CCNC(C)(C)C(C)=O)C(C)N. The fourth-order valence-corrected chi connectivity index (χ4v) is 1.79. The first kappa shape index (κ1) is 21.2. The summed E-state index contributed by atoms with van der Waals surface area (Å²) >= 11 is 0. The molecule has 4 N–H and O–H groups in total. The summed E-state index contributed by atoms with van der Waals surface area (Å²) in [5.74, 6) is 0.231. The lowest BCUT2D eigenvalue weighted by molar-refractivity contribution is -0.122. The molecule has 6 nitrogen and oxygen atoms in total. The fourth-order valence-electron chi connectivity index (χ4n) is 1.79. The van der Waals surface area contributed by atoms with Crippen LogP contribution >= 0.6 is 0 Å². The van der Waals surface area contributed by atoms with Crippen LogP contribution in [0, 0.1) is 0 Å². The molecule has 0 aromatic carbocycles. The molecule has 6 heteroatoms. The second kappa shape index (κ2) is 8.72. The van der Waals surface area contributed by atoms with Gasteiger partial charge in [0.25, 0.3) is 0 Å². The number of ketones is 2. The minimum absolute atomic E-state index is 0.0792. The summed E-state index contributed by atoms with van der Waals surface area (Å²) in [4.78, 5) is 25.1. The summed E-state index contributed by atoms with van der Waals surface area (Å²) in [5, 5.41) is 6.49. The molecule has 1 atom stereocenters. The Bertz CT molecular complexity index is 346. The van der Waals surface area contributed by atoms with Crippen LogP contribution in [0.2, 0.25) is 0 Å². The van der Waals surface area contributed by atoms with Gasteiger partial charge in [0.1, 0.15) is 11.6 Å². The molecule has 130 valence electrons. The minimum Gasteiger partial charge on any atom is -0.316 e. The van der Waals surface area contributed by atoms with Crippen LogP contribution in [0.25, 0.3) is 0 Å². The van der Waals surface area contributed by atoms with Crippen molar-refractivity contribution in [1.82, 2.24) is 15.5 Å². The summed E-state index contributed by atoms with van der Waals surface area (Å²) < 4.78 is 0. The van der Waals surface area contributed by atoms with Gasteiger partial charge in [0.2, 0.25) is 0 Å². The second-order valence-electron chi connectivity index (χ2n) is 6.99. The Hall–Kier alpha value is -0.820. The monoisotopic (exact) mass is 314 g/mol. The van der Waals surface area contributed by atoms with Gasteiger partial charge in [-0.3, -0.25) is 14.5 Å². The zero-order valence-electron chi connectivity index (χ0n) is 15.2. The molecule has 0 fully saturated rings. The van der Waals surface area contributed by atoms with Crippen LogP contribution in [0.15, 0.2) is 0 Å². The normalized spacial score (nSPS) is 14.2. The summed E-state index contributed by atoms with van der Waals surface area (Å²) in [6.45, 7) is 15.5. The van der Waals surface area contributed by atoms with Gasteiger partial charge in [-0.2, -0.15) is 0 Å². The van der Waals surface area contributed by atoms with Gasteiger partial charge in [-0.25, -0.2) is 0 Å². The molecule has 0 aromatic heterocycles. The molecule has 22 heavy (non-hydrogen) atoms. The first-order valence-electron chi connectivity index (χ1n) is 7.92. The van der Waals surface area contributed by atoms with E-state index in [4.69, 9.17) is 5.73 Å². The summed E-state index contributed by atoms with van der Waals surface area (Å²) in [5.41, 5.74) is 4.96. The van der Waals surface area contributed by atoms with Crippen LogP contribution in [-0.2, 0) is 9.59 Å². The molecule has 0 aliphatic carbocycles. The highest BCUT2D eigenvalue weighted by atomic mass is 16.1. The average Bonchev–Trinajstić information content (AvgIpc) is 2.35. The molecule has 0 aromatic rings. The van der Waals surface area contributed by atoms with Crippen molar-refractivity contribution >= 4 is 11.6 Å². The molecule has 0 saturated heterocycles. The van der Waals surface area contributed by atoms with Crippen LogP contribution in [-0.4, -0.2) is 59.9 Å². The molecule has 0 rings (SSSR count). The first-order chi connectivity index (χ1) is 9.90. The van der Waals surface area contributed by atoms with Crippen LogP contribution < -0.4 is 16.4 Å². The molecule has 0 aliphatic rings. The van der Waals surface area contributed by atoms with Gasteiger partial charge in [-0.1, -0.05) is 0 Å². The lowest BCUT2D eigenvalue weighted by Gasteiger charge is -2.31. The van der Waals surface area contributed by atoms with Gasteiger partial charge in [0, 0.05) is 26.2 Å². The standard InChI is InChI=1S/C16H34N4O2/c1-12(21)15(4,5)18-8-10-20(14(3)17)11-9-19-16(6,7)13(2)22/h14,18-19H,8-11,17H2,1-7H3. The maximum absolute atomic E-state index is 11.5. The van der Waals surface area contributed by atoms with Gasteiger partial charge in [-0.05, 0) is 48.5 Å². The maximum Gasteiger partial charge on any atom is 0.149 e. The highest BCUT2D eigenvalue weighted by molar-refractivity contribution is 5.85. The third-order valence-electron chi connectivity index (χ3n) is 4.27. The third kappa shape index (κ3) is 7.45. The number of carbonyl (C=O) groups is 2. The molecule has 1 unspecified atom stereocenters. The molecule has 0 aliphatic heterocycles. The minimum atomic E-state index is -0.515. The van der Waals surface area contributed by atoms with Crippen molar-refractivity contribution in [3.8, 4) is 0 Å². The quantitative estimate of drug-likeness (QED) is 0.482. The number of Topliss-reactive ketones (excluding diaryl/α,β-unsaturated/α-hetero) is 2. The Kier molecular flexibility index (Phi) is 8.39. The van der Waals surface area contributed by atoms with Crippen molar-refractivity contribution in [1.29, 1.82) is 0 Å². The fraction of sp³-hybridized carbons (Fsp3) is 0.875. The molecule has 0 amide bonds. The lowest BCUT2D eigenvalue weighted by Crippen LogP contribution is -2.53. The van der Waals surface area contributed by atoms with E-state index in [9.17, 15) is 9.59 Å². The van der Waals surface area contributed by atoms with Crippen molar-refractivity contribution < 1.29 is 9.59 Å². The highest BCUT2D eigenvalue weighted by Gasteiger charge is 2.24. The van der Waals surface area contributed by atoms with E-state index in [1.54, 1.807) is 13.8 Å². The molecular weight excluding hydrogens is 280 g/mol. The Morgan fingerprint density at radius 1 is 0.955 bits per heavy atom. The van der Waals surface area contributed by atoms with Crippen molar-refractivity contribution in [2.24, 2.45) is 5.73 Å². The number of nitrogens with zero attached hydrogens (tertiary/aromatic N) is 1. The molecule has 0 saturated carbocycles. The summed E-state index contributed by atoms with van der Waals surface area (Å²) in [6, 6.07) is 0. The largest absolute Gasteiger partial charge is 0.316 e. The van der Waals surface area contributed by atoms with Gasteiger partial charge >= 0.3 is 0 Å². The summed E-state index contributed by atoms with van der Waals surface area (Å²) in [6.07, 6.45) is -0.0792. The molecular formula is C16H34N4O2. The predicted molar refractivity (Wildman–Crippen MR) is 90.7 cm³/mol. The molecule has 0 spiro atoms. The first-order valence-corrected chi connectivity index (χ1v) is 7.92. The van der Waals surface area contributed by atoms with E-state index in [0.717, 1.165) is 13.1 Å². The number of hydrogen-bond donors (Lipinski definition) is 3. The molecule has 0 heterocycles. The van der Waals surface area contributed by atoms with Crippen LogP contribution in [0.5, 0.6) is 0 Å². The van der Waals surface area contributed by atoms with Gasteiger partial charge in [0.05, 0.1) is 17.2 Å². The molecule has 0 radical (unpaired) electrons. The van der Waals surface area contributed by atoms with E-state index in [0.29, 0.717) is 13.1 Å². The van der Waals surface area contributed by atoms with Crippen LogP contribution in [0.1, 0.15) is 48.5 Å². The average molecular weight is 314 g/mol. The van der Waals surface area contributed by atoms with Crippen LogP contribution in [0.4, 0.5) is 0 Å². The zero-order valence-corrected chi connectivity index (χ0v) is 15.2. The van der Waals surface area contributed by atoms with Gasteiger partial charge < -0.3 is 16.4 Å². The van der Waals surface area contributed by atoms with E-state index in [1.807, 2.05) is 34.6 Å². The lowest BCUT2D eigenvalue weighted by atomic mass is 10.0. The van der Waals surface area contributed by atoms with Gasteiger partial charge in [0.15, 0.2) is 0 Å². The maximum atomic E-state index is 11.5. The third-order valence-corrected chi connectivity index (χ3v) is 4.27. The van der Waals surface area contributed by atoms with Crippen molar-refractivity contribution in [3.63, 3.8) is 0 Å². The Balaban J connectivity index is 4.29. The highest BCUT2D eigenvalue weighted by Crippen LogP contribution is 2.04. The summed E-state index contributed by atoms with van der Waals surface area (Å²) in [7, 11) is 0. The van der Waals surface area contributed by atoms with Gasteiger partial charge in [-0.15, -0.1) is 0 Å². The van der Waals surface area contributed by atoms with E-state index in [2.05, 4.69) is 15.5 Å². The van der Waals surface area contributed by atoms with E-state index < -0.39 is 11.1 Å². The Morgan fingerprint density at radius 3 is 1.50 bits per heavy atom. The number of hydrogen-bond acceptors (Lipinski definition) is 6. The number of nitrogens with one attached hydrogen (secondary N) is 2. The van der Waals surface area contributed by atoms with Crippen molar-refractivity contribution in [2.45, 2.75) is 65.7 Å². The number of nitrogens with two attached hydrogens (primary N) is 1. The van der Waals surface area contributed by atoms with E-state index >= 15 is 0 Å². The number of rotatable bonds is 11. The smallest absolute Gasteiger partial charge is 0.149 e. The second-order valence-corrected chi connectivity index (χ2v) is 6.99. The van der Waals surface area contributed by atoms with E-state index in [-0.39, 0.29) is 17.7 Å². The Labute approximate surface area is 135 Å². The Morgan fingerprint density at radius 2 is 1.27 bits per heavy atom. The predicted octanol–water partition coefficient (Wildman–Crippen LogP) is 0.508.